The molecule has 0 aromatic carbocycles. The van der Waals surface area contributed by atoms with Gasteiger partial charge >= 0.3 is 0 Å². The Labute approximate surface area is 114 Å². The maximum absolute atomic E-state index is 5.83. The highest BCUT2D eigenvalue weighted by atomic mass is 35.5. The number of fused-ring (bicyclic) bond motifs is 1. The molecule has 0 bridgehead atoms. The van der Waals surface area contributed by atoms with Gasteiger partial charge < -0.3 is 4.90 Å². The fourth-order valence-electron chi connectivity index (χ4n) is 1.81. The second-order valence-electron chi connectivity index (χ2n) is 4.10. The monoisotopic (exact) mass is 274 g/mol. The van der Waals surface area contributed by atoms with Crippen molar-refractivity contribution >= 4 is 23.1 Å². The summed E-state index contributed by atoms with van der Waals surface area (Å²) < 4.78 is 1.94. The Kier molecular flexibility index (Phi) is 3.00. The second kappa shape index (κ2) is 4.81. The third kappa shape index (κ3) is 2.34. The quantitative estimate of drug-likeness (QED) is 0.729. The molecular formula is C12H11ClN6. The van der Waals surface area contributed by atoms with Crippen LogP contribution in [0, 0.1) is 0 Å². The molecule has 3 rings (SSSR count). The van der Waals surface area contributed by atoms with Crippen molar-refractivity contribution in [1.82, 2.24) is 24.6 Å². The van der Waals surface area contributed by atoms with Crippen LogP contribution in [0.3, 0.4) is 0 Å². The van der Waals surface area contributed by atoms with E-state index < -0.39 is 0 Å². The maximum Gasteiger partial charge on any atom is 0.160 e. The highest BCUT2D eigenvalue weighted by molar-refractivity contribution is 6.29. The van der Waals surface area contributed by atoms with Crippen LogP contribution in [0.4, 0.5) is 5.82 Å². The van der Waals surface area contributed by atoms with E-state index in [1.54, 1.807) is 6.20 Å². The molecule has 0 spiro atoms. The maximum atomic E-state index is 5.83. The predicted molar refractivity (Wildman–Crippen MR) is 72.1 cm³/mol. The topological polar surface area (TPSA) is 59.2 Å². The lowest BCUT2D eigenvalue weighted by atomic mass is 10.4. The third-order valence-corrected chi connectivity index (χ3v) is 2.93. The van der Waals surface area contributed by atoms with Crippen molar-refractivity contribution in [3.63, 3.8) is 0 Å². The minimum Gasteiger partial charge on any atom is -0.351 e. The fourth-order valence-corrected chi connectivity index (χ4v) is 1.95. The molecule has 0 aliphatic carbocycles. The molecule has 96 valence electrons. The molecule has 3 heterocycles. The van der Waals surface area contributed by atoms with Crippen molar-refractivity contribution < 1.29 is 0 Å². The minimum absolute atomic E-state index is 0.371. The number of halogens is 1. The van der Waals surface area contributed by atoms with Gasteiger partial charge in [-0.05, 0) is 12.1 Å². The van der Waals surface area contributed by atoms with Crippen molar-refractivity contribution in [2.45, 2.75) is 6.54 Å². The van der Waals surface area contributed by atoms with Gasteiger partial charge in [0, 0.05) is 13.2 Å². The van der Waals surface area contributed by atoms with E-state index in [1.165, 1.54) is 6.20 Å². The van der Waals surface area contributed by atoms with Gasteiger partial charge in [0.15, 0.2) is 11.5 Å². The average molecular weight is 275 g/mol. The lowest BCUT2D eigenvalue weighted by Gasteiger charge is -2.16. The lowest BCUT2D eigenvalue weighted by molar-refractivity contribution is 0.806. The van der Waals surface area contributed by atoms with E-state index in [0.717, 1.165) is 11.5 Å². The van der Waals surface area contributed by atoms with E-state index in [4.69, 9.17) is 11.6 Å². The van der Waals surface area contributed by atoms with E-state index in [1.807, 2.05) is 40.7 Å². The summed E-state index contributed by atoms with van der Waals surface area (Å²) >= 11 is 5.83. The van der Waals surface area contributed by atoms with Gasteiger partial charge in [-0.25, -0.2) is 4.98 Å². The van der Waals surface area contributed by atoms with Gasteiger partial charge in [0.2, 0.25) is 0 Å². The summed E-state index contributed by atoms with van der Waals surface area (Å²) in [4.78, 5) is 10.1. The number of rotatable bonds is 3. The minimum atomic E-state index is 0.371. The van der Waals surface area contributed by atoms with E-state index >= 15 is 0 Å². The van der Waals surface area contributed by atoms with Crippen LogP contribution < -0.4 is 4.90 Å². The Morgan fingerprint density at radius 3 is 3.00 bits per heavy atom. The summed E-state index contributed by atoms with van der Waals surface area (Å²) in [6.45, 7) is 0.570. The first-order chi connectivity index (χ1) is 9.24. The molecule has 0 saturated heterocycles. The molecule has 7 heteroatoms. The molecule has 6 nitrogen and oxygen atoms in total. The van der Waals surface area contributed by atoms with Crippen molar-refractivity contribution in [3.05, 3.63) is 47.8 Å². The third-order valence-electron chi connectivity index (χ3n) is 2.75. The van der Waals surface area contributed by atoms with Crippen molar-refractivity contribution in [2.75, 3.05) is 11.9 Å². The van der Waals surface area contributed by atoms with E-state index in [0.29, 0.717) is 17.5 Å². The van der Waals surface area contributed by atoms with Crippen molar-refractivity contribution in [3.8, 4) is 0 Å². The number of hydrogen-bond acceptors (Lipinski definition) is 5. The summed E-state index contributed by atoms with van der Waals surface area (Å²) in [5.74, 6) is 1.53. The molecule has 0 saturated carbocycles. The number of nitrogens with zero attached hydrogens (tertiary/aromatic N) is 6. The van der Waals surface area contributed by atoms with Gasteiger partial charge in [-0.15, -0.1) is 10.2 Å². The van der Waals surface area contributed by atoms with Crippen LogP contribution in [0.15, 0.2) is 36.8 Å². The summed E-state index contributed by atoms with van der Waals surface area (Å²) in [6, 6.07) is 5.79. The first-order valence-corrected chi connectivity index (χ1v) is 6.09. The van der Waals surface area contributed by atoms with E-state index in [9.17, 15) is 0 Å². The zero-order valence-electron chi connectivity index (χ0n) is 10.2. The number of hydrogen-bond donors (Lipinski definition) is 0. The zero-order chi connectivity index (χ0) is 13.2. The molecular weight excluding hydrogens is 264 g/mol. The summed E-state index contributed by atoms with van der Waals surface area (Å²) in [6.07, 6.45) is 5.10. The van der Waals surface area contributed by atoms with E-state index in [-0.39, 0.29) is 0 Å². The van der Waals surface area contributed by atoms with Gasteiger partial charge in [0.25, 0.3) is 0 Å². The molecule has 19 heavy (non-hydrogen) atoms. The number of aromatic nitrogens is 5. The zero-order valence-corrected chi connectivity index (χ0v) is 11.0. The number of anilines is 1. The molecule has 0 radical (unpaired) electrons. The summed E-state index contributed by atoms with van der Waals surface area (Å²) in [5, 5.41) is 8.65. The van der Waals surface area contributed by atoms with Gasteiger partial charge in [-0.1, -0.05) is 17.7 Å². The second-order valence-corrected chi connectivity index (χ2v) is 4.49. The van der Waals surface area contributed by atoms with Crippen LogP contribution in [0.5, 0.6) is 0 Å². The van der Waals surface area contributed by atoms with Crippen molar-refractivity contribution in [1.29, 1.82) is 0 Å². The molecule has 3 aromatic rings. The van der Waals surface area contributed by atoms with Gasteiger partial charge in [-0.3, -0.25) is 9.38 Å². The van der Waals surface area contributed by atoms with Crippen molar-refractivity contribution in [2.24, 2.45) is 0 Å². The summed E-state index contributed by atoms with van der Waals surface area (Å²) in [7, 11) is 1.91. The Bertz CT molecular complexity index is 710. The average Bonchev–Trinajstić information content (AvgIpc) is 2.82. The molecule has 0 aliphatic heterocycles. The van der Waals surface area contributed by atoms with Crippen LogP contribution in [0.2, 0.25) is 5.15 Å². The molecule has 0 aliphatic rings. The molecule has 3 aromatic heterocycles. The van der Waals surface area contributed by atoms with Crippen LogP contribution >= 0.6 is 11.6 Å². The SMILES string of the molecule is CN(Cc1nnc2ccccn12)c1cncc(Cl)n1. The molecule has 0 N–H and O–H groups in total. The summed E-state index contributed by atoms with van der Waals surface area (Å²) in [5.41, 5.74) is 0.822. The normalized spacial score (nSPS) is 10.8. The Morgan fingerprint density at radius 1 is 1.26 bits per heavy atom. The van der Waals surface area contributed by atoms with Gasteiger partial charge in [-0.2, -0.15) is 0 Å². The van der Waals surface area contributed by atoms with Gasteiger partial charge in [0.05, 0.1) is 18.9 Å². The predicted octanol–water partition coefficient (Wildman–Crippen LogP) is 1.81. The molecule has 0 amide bonds. The molecule has 0 unspecified atom stereocenters. The van der Waals surface area contributed by atoms with Crippen LogP contribution in [-0.2, 0) is 6.54 Å². The lowest BCUT2D eigenvalue weighted by Crippen LogP contribution is -2.19. The molecule has 0 fully saturated rings. The largest absolute Gasteiger partial charge is 0.351 e. The fraction of sp³-hybridized carbons (Fsp3) is 0.167. The van der Waals surface area contributed by atoms with Crippen LogP contribution in [0.25, 0.3) is 5.65 Å². The Hall–Kier alpha value is -2.21. The highest BCUT2D eigenvalue weighted by Gasteiger charge is 2.10. The van der Waals surface area contributed by atoms with E-state index in [2.05, 4.69) is 20.2 Å². The first-order valence-electron chi connectivity index (χ1n) is 5.71. The number of pyridine rings is 1. The van der Waals surface area contributed by atoms with Gasteiger partial charge in [0.1, 0.15) is 11.0 Å². The molecule has 0 atom stereocenters. The van der Waals surface area contributed by atoms with Crippen LogP contribution in [0.1, 0.15) is 5.82 Å². The Morgan fingerprint density at radius 2 is 2.16 bits per heavy atom. The highest BCUT2D eigenvalue weighted by Crippen LogP contribution is 2.13. The first kappa shape index (κ1) is 11.9. The Balaban J connectivity index is 1.89. The standard InChI is InChI=1S/C12H11ClN6/c1-18(11-7-14-6-9(13)15-11)8-12-17-16-10-4-2-3-5-19(10)12/h2-7H,8H2,1H3. The van der Waals surface area contributed by atoms with Crippen LogP contribution in [-0.4, -0.2) is 31.6 Å². The smallest absolute Gasteiger partial charge is 0.160 e.